The molecule has 0 fully saturated rings. The third kappa shape index (κ3) is 5.60. The summed E-state index contributed by atoms with van der Waals surface area (Å²) in [4.78, 5) is 0. The zero-order valence-corrected chi connectivity index (χ0v) is 18.6. The Morgan fingerprint density at radius 3 is 1.45 bits per heavy atom. The second-order valence-corrected chi connectivity index (χ2v) is 7.32. The molecule has 0 bridgehead atoms. The maximum Gasteiger partial charge on any atom is 0.135 e. The number of amidine groups is 2. The molecule has 164 valence electrons. The molecule has 0 unspecified atom stereocenters. The molecule has 4 aromatic rings. The number of nitrogen functional groups attached to an aromatic ring is 2. The van der Waals surface area contributed by atoms with Crippen LogP contribution >= 0.6 is 24.8 Å². The second-order valence-electron chi connectivity index (χ2n) is 7.32. The molecular weight excluding hydrogens is 435 g/mol. The number of aryl methyl sites for hydroxylation is 2. The van der Waals surface area contributed by atoms with Gasteiger partial charge in [-0.3, -0.25) is 10.8 Å². The Hall–Kier alpha value is -2.96. The topological polar surface area (TPSA) is 126 Å². The van der Waals surface area contributed by atoms with Gasteiger partial charge in [0.05, 0.1) is 0 Å². The van der Waals surface area contributed by atoms with Gasteiger partial charge < -0.3 is 20.3 Å². The quantitative estimate of drug-likeness (QED) is 0.156. The van der Waals surface area contributed by atoms with E-state index in [9.17, 15) is 0 Å². The normalized spacial score (nSPS) is 10.6. The molecule has 0 amide bonds. The van der Waals surface area contributed by atoms with Crippen LogP contribution in [0.1, 0.15) is 41.9 Å². The number of benzene rings is 2. The summed E-state index contributed by atoms with van der Waals surface area (Å²) in [7, 11) is 0. The Kier molecular flexibility index (Phi) is 8.14. The van der Waals surface area contributed by atoms with Crippen LogP contribution in [0.15, 0.2) is 57.4 Å². The summed E-state index contributed by atoms with van der Waals surface area (Å²) in [5.41, 5.74) is 14.0. The first-order valence-corrected chi connectivity index (χ1v) is 9.73. The summed E-state index contributed by atoms with van der Waals surface area (Å²) in [5, 5.41) is 17.1. The Morgan fingerprint density at radius 1 is 0.645 bits per heavy atom. The van der Waals surface area contributed by atoms with Crippen LogP contribution in [0.3, 0.4) is 0 Å². The maximum absolute atomic E-state index is 7.52. The van der Waals surface area contributed by atoms with Crippen molar-refractivity contribution >= 4 is 58.4 Å². The number of hydrogen-bond donors (Lipinski definition) is 4. The number of unbranched alkanes of at least 4 members (excludes halogenated alkanes) is 2. The molecule has 6 N–H and O–H groups in total. The molecule has 2 aromatic carbocycles. The maximum atomic E-state index is 7.52. The minimum absolute atomic E-state index is 0. The van der Waals surface area contributed by atoms with Gasteiger partial charge in [-0.25, -0.2) is 0 Å². The van der Waals surface area contributed by atoms with Gasteiger partial charge in [-0.05, 0) is 37.1 Å². The first-order chi connectivity index (χ1) is 14.0. The fraction of sp³-hybridized carbons (Fsp3) is 0.217. The highest BCUT2D eigenvalue weighted by molar-refractivity contribution is 5.98. The zero-order chi connectivity index (χ0) is 20.4. The van der Waals surface area contributed by atoms with Gasteiger partial charge in [0.2, 0.25) is 0 Å². The van der Waals surface area contributed by atoms with Crippen molar-refractivity contribution in [1.82, 2.24) is 0 Å². The molecule has 0 aliphatic carbocycles. The highest BCUT2D eigenvalue weighted by Gasteiger charge is 2.08. The minimum atomic E-state index is 0. The average Bonchev–Trinajstić information content (AvgIpc) is 3.29. The number of rotatable bonds is 8. The van der Waals surface area contributed by atoms with E-state index in [-0.39, 0.29) is 36.5 Å². The Bertz CT molecular complexity index is 1120. The monoisotopic (exact) mass is 460 g/mol. The van der Waals surface area contributed by atoms with Crippen molar-refractivity contribution in [3.8, 4) is 0 Å². The van der Waals surface area contributed by atoms with Crippen LogP contribution in [-0.4, -0.2) is 11.7 Å². The SMILES string of the molecule is Cl.Cl.N=C(N)c1ccc2cc(CCCCCc3cc4ccc(C(=N)N)cc4o3)oc2c1. The number of fused-ring (bicyclic) bond motifs is 2. The molecule has 0 spiro atoms. The summed E-state index contributed by atoms with van der Waals surface area (Å²) < 4.78 is 11.8. The van der Waals surface area contributed by atoms with Crippen molar-refractivity contribution in [1.29, 1.82) is 10.8 Å². The predicted molar refractivity (Wildman–Crippen MR) is 130 cm³/mol. The lowest BCUT2D eigenvalue weighted by Gasteiger charge is -1.98. The first kappa shape index (κ1) is 24.3. The molecule has 31 heavy (non-hydrogen) atoms. The number of halogens is 2. The molecule has 8 heteroatoms. The Labute approximate surface area is 192 Å². The Morgan fingerprint density at radius 2 is 1.06 bits per heavy atom. The summed E-state index contributed by atoms with van der Waals surface area (Å²) in [5.74, 6) is 2.02. The summed E-state index contributed by atoms with van der Waals surface area (Å²) in [6.45, 7) is 0. The van der Waals surface area contributed by atoms with Crippen molar-refractivity contribution in [2.45, 2.75) is 32.1 Å². The molecule has 0 atom stereocenters. The van der Waals surface area contributed by atoms with E-state index in [0.717, 1.165) is 65.6 Å². The second kappa shape index (κ2) is 10.4. The van der Waals surface area contributed by atoms with Gasteiger partial charge in [0, 0.05) is 34.7 Å². The molecule has 2 heterocycles. The van der Waals surface area contributed by atoms with Crippen molar-refractivity contribution in [2.75, 3.05) is 0 Å². The molecule has 6 nitrogen and oxygen atoms in total. The van der Waals surface area contributed by atoms with Crippen molar-refractivity contribution < 1.29 is 8.83 Å². The van der Waals surface area contributed by atoms with Gasteiger partial charge in [-0.15, -0.1) is 24.8 Å². The van der Waals surface area contributed by atoms with E-state index in [2.05, 4.69) is 12.1 Å². The lowest BCUT2D eigenvalue weighted by atomic mass is 10.1. The van der Waals surface area contributed by atoms with E-state index >= 15 is 0 Å². The zero-order valence-electron chi connectivity index (χ0n) is 16.9. The molecule has 0 aliphatic heterocycles. The highest BCUT2D eigenvalue weighted by atomic mass is 35.5. The highest BCUT2D eigenvalue weighted by Crippen LogP contribution is 2.24. The van der Waals surface area contributed by atoms with E-state index in [1.165, 1.54) is 0 Å². The number of furan rings is 2. The Balaban J connectivity index is 0.00000171. The van der Waals surface area contributed by atoms with Crippen LogP contribution in [0.4, 0.5) is 0 Å². The first-order valence-electron chi connectivity index (χ1n) is 9.73. The predicted octanol–water partition coefficient (Wildman–Crippen LogP) is 5.55. The summed E-state index contributed by atoms with van der Waals surface area (Å²) in [6.07, 6.45) is 4.91. The van der Waals surface area contributed by atoms with Crippen molar-refractivity contribution in [2.24, 2.45) is 11.5 Å². The largest absolute Gasteiger partial charge is 0.461 e. The fourth-order valence-electron chi connectivity index (χ4n) is 3.53. The van der Waals surface area contributed by atoms with E-state index in [1.807, 2.05) is 36.4 Å². The van der Waals surface area contributed by atoms with Gasteiger partial charge in [0.1, 0.15) is 34.4 Å². The van der Waals surface area contributed by atoms with E-state index in [4.69, 9.17) is 31.1 Å². The third-order valence-corrected chi connectivity index (χ3v) is 5.11. The molecule has 2 aromatic heterocycles. The lowest BCUT2D eigenvalue weighted by molar-refractivity contribution is 0.509. The van der Waals surface area contributed by atoms with Gasteiger partial charge in [0.15, 0.2) is 0 Å². The lowest BCUT2D eigenvalue weighted by Crippen LogP contribution is -2.10. The van der Waals surface area contributed by atoms with Crippen LogP contribution in [0, 0.1) is 10.8 Å². The van der Waals surface area contributed by atoms with E-state index in [1.54, 1.807) is 0 Å². The standard InChI is InChI=1S/C23H24N4O2.2ClH/c24-22(25)16-8-6-14-10-18(28-20(14)12-16)4-2-1-3-5-19-11-15-7-9-17(23(26)27)13-21(15)29-19;;/h6-13H,1-5H2,(H3,24,25)(H3,26,27);2*1H. The van der Waals surface area contributed by atoms with Crippen molar-refractivity contribution in [3.63, 3.8) is 0 Å². The average molecular weight is 461 g/mol. The van der Waals surface area contributed by atoms with Gasteiger partial charge in [-0.2, -0.15) is 0 Å². The van der Waals surface area contributed by atoms with Gasteiger partial charge >= 0.3 is 0 Å². The van der Waals surface area contributed by atoms with Gasteiger partial charge in [0.25, 0.3) is 0 Å². The molecule has 0 saturated heterocycles. The smallest absolute Gasteiger partial charge is 0.135 e. The van der Waals surface area contributed by atoms with Crippen LogP contribution in [-0.2, 0) is 12.8 Å². The van der Waals surface area contributed by atoms with Crippen LogP contribution in [0.25, 0.3) is 21.9 Å². The van der Waals surface area contributed by atoms with Crippen molar-refractivity contribution in [3.05, 3.63) is 71.2 Å². The molecule has 0 radical (unpaired) electrons. The number of nitrogens with two attached hydrogens (primary N) is 2. The third-order valence-electron chi connectivity index (χ3n) is 5.11. The van der Waals surface area contributed by atoms with E-state index < -0.39 is 0 Å². The van der Waals surface area contributed by atoms with Crippen LogP contribution in [0.2, 0.25) is 0 Å². The fourth-order valence-corrected chi connectivity index (χ4v) is 3.53. The number of hydrogen-bond acceptors (Lipinski definition) is 4. The van der Waals surface area contributed by atoms with Crippen LogP contribution in [0.5, 0.6) is 0 Å². The number of nitrogens with one attached hydrogen (secondary N) is 2. The van der Waals surface area contributed by atoms with Gasteiger partial charge in [-0.1, -0.05) is 30.7 Å². The summed E-state index contributed by atoms with van der Waals surface area (Å²) >= 11 is 0. The molecule has 0 aliphatic rings. The molecule has 4 rings (SSSR count). The molecular formula is C23H26Cl2N4O2. The summed E-state index contributed by atoms with van der Waals surface area (Å²) in [6, 6.07) is 15.3. The molecule has 0 saturated carbocycles. The van der Waals surface area contributed by atoms with Crippen LogP contribution < -0.4 is 11.5 Å². The van der Waals surface area contributed by atoms with E-state index in [0.29, 0.717) is 11.1 Å². The minimum Gasteiger partial charge on any atom is -0.461 e.